The van der Waals surface area contributed by atoms with Crippen molar-refractivity contribution in [2.75, 3.05) is 27.4 Å². The Hall–Kier alpha value is -1.02. The van der Waals surface area contributed by atoms with Crippen LogP contribution in [0.3, 0.4) is 0 Å². The summed E-state index contributed by atoms with van der Waals surface area (Å²) in [7, 11) is 3.95. The monoisotopic (exact) mass is 594 g/mol. The number of carbonyl (C=O) groups is 2. The number of nitrogens with zero attached hydrogens (tertiary/aromatic N) is 1. The van der Waals surface area contributed by atoms with E-state index in [1.54, 1.807) is 6.92 Å². The normalized spacial score (nSPS) is 53.2. The van der Waals surface area contributed by atoms with Crippen molar-refractivity contribution in [1.29, 1.82) is 0 Å². The van der Waals surface area contributed by atoms with Gasteiger partial charge in [0, 0.05) is 17.4 Å². The average molecular weight is 595 g/mol. The van der Waals surface area contributed by atoms with Crippen molar-refractivity contribution in [3.8, 4) is 0 Å². The van der Waals surface area contributed by atoms with Crippen LogP contribution in [0.15, 0.2) is 0 Å². The largest absolute Gasteiger partial charge is 0.393 e. The number of rotatable bonds is 5. The third kappa shape index (κ3) is 4.65. The fourth-order valence-electron chi connectivity index (χ4n) is 10.3. The second-order valence-electron chi connectivity index (χ2n) is 15.0. The first-order valence-corrected chi connectivity index (χ1v) is 15.9. The van der Waals surface area contributed by atoms with Crippen molar-refractivity contribution in [3.05, 3.63) is 0 Å². The summed E-state index contributed by atoms with van der Waals surface area (Å²) in [5, 5.41) is 59.8. The van der Waals surface area contributed by atoms with Crippen LogP contribution in [0.5, 0.6) is 0 Å². The quantitative estimate of drug-likeness (QED) is 0.226. The maximum atomic E-state index is 14.3. The highest BCUT2D eigenvalue weighted by molar-refractivity contribution is 6.07. The molecule has 11 heteroatoms. The standard InChI is InChI=1S/C31H50N2O9/c1-14(34)23-20(35)11-30(2)10-16-8-17-19(33(3)4)9-18(32-12-15-5-6-21-22(7-15)42-13-41-21)26(36)25(17)27(37)24(16)29(39)31(30,40)28(23)38/h14-25,28-29,32,34-35,38-40H,5-13H2,1-4H3/t14?,15?,16-,17?,18?,19?,20?,21?,22?,23?,24?,25?,28?,29?,30-,31+/m0/s1. The molecule has 1 heterocycles. The molecule has 0 bridgehead atoms. The second-order valence-corrected chi connectivity index (χ2v) is 15.0. The number of Topliss-reactive ketones (excluding diaryl/α,β-unsaturated/α-hetero) is 2. The Balaban J connectivity index is 1.24. The Kier molecular flexibility index (Phi) is 8.19. The van der Waals surface area contributed by atoms with E-state index in [-0.39, 0.29) is 48.1 Å². The Bertz CT molecular complexity index is 1060. The molecular weight excluding hydrogens is 544 g/mol. The number of aliphatic hydroxyl groups excluding tert-OH is 4. The Morgan fingerprint density at radius 3 is 2.40 bits per heavy atom. The lowest BCUT2D eigenvalue weighted by Gasteiger charge is -2.64. The summed E-state index contributed by atoms with van der Waals surface area (Å²) in [6.45, 7) is 4.18. The highest BCUT2D eigenvalue weighted by Crippen LogP contribution is 2.61. The zero-order valence-electron chi connectivity index (χ0n) is 25.3. The molecule has 6 aliphatic rings. The van der Waals surface area contributed by atoms with E-state index in [1.807, 2.05) is 14.1 Å². The second kappa shape index (κ2) is 11.1. The topological polar surface area (TPSA) is 169 Å². The summed E-state index contributed by atoms with van der Waals surface area (Å²) in [4.78, 5) is 30.5. The summed E-state index contributed by atoms with van der Waals surface area (Å²) in [6.07, 6.45) is -0.874. The molecule has 0 amide bonds. The molecule has 5 aliphatic carbocycles. The van der Waals surface area contributed by atoms with Crippen molar-refractivity contribution < 1.29 is 44.6 Å². The number of fused-ring (bicyclic) bond motifs is 4. The van der Waals surface area contributed by atoms with Gasteiger partial charge in [-0.15, -0.1) is 0 Å². The number of ketones is 2. The van der Waals surface area contributed by atoms with Crippen LogP contribution in [0.4, 0.5) is 0 Å². The zero-order valence-corrected chi connectivity index (χ0v) is 25.3. The SMILES string of the molecule is CC(O)C1C(O)C[C@]2(C)C[C@@H]3CC4C(C(=O)C(NCC5CCC6OCOC6C5)CC4N(C)C)C(=O)C3C(O)[C@]2(O)C1O. The smallest absolute Gasteiger partial charge is 0.160 e. The lowest BCUT2D eigenvalue weighted by Crippen LogP contribution is -2.77. The molecule has 1 saturated heterocycles. The molecule has 6 N–H and O–H groups in total. The van der Waals surface area contributed by atoms with Crippen LogP contribution in [0.1, 0.15) is 58.8 Å². The van der Waals surface area contributed by atoms with Crippen LogP contribution < -0.4 is 5.32 Å². The molecule has 13 unspecified atom stereocenters. The first-order chi connectivity index (χ1) is 19.8. The van der Waals surface area contributed by atoms with Gasteiger partial charge in [0.25, 0.3) is 0 Å². The maximum absolute atomic E-state index is 14.3. The molecule has 0 aromatic rings. The third-order valence-electron chi connectivity index (χ3n) is 12.4. The molecule has 5 saturated carbocycles. The zero-order chi connectivity index (χ0) is 30.3. The van der Waals surface area contributed by atoms with E-state index >= 15 is 0 Å². The van der Waals surface area contributed by atoms with Crippen LogP contribution in [0.2, 0.25) is 0 Å². The van der Waals surface area contributed by atoms with Gasteiger partial charge in [0.1, 0.15) is 18.2 Å². The van der Waals surface area contributed by atoms with E-state index in [2.05, 4.69) is 10.2 Å². The van der Waals surface area contributed by atoms with Gasteiger partial charge in [-0.2, -0.15) is 0 Å². The average Bonchev–Trinajstić information content (AvgIpc) is 3.38. The van der Waals surface area contributed by atoms with Gasteiger partial charge in [-0.1, -0.05) is 6.92 Å². The fraction of sp³-hybridized carbons (Fsp3) is 0.935. The molecule has 1 aliphatic heterocycles. The van der Waals surface area contributed by atoms with Crippen molar-refractivity contribution in [2.45, 2.75) is 113 Å². The minimum absolute atomic E-state index is 0.0229. The highest BCUT2D eigenvalue weighted by Gasteiger charge is 2.71. The van der Waals surface area contributed by atoms with Gasteiger partial charge < -0.3 is 45.2 Å². The van der Waals surface area contributed by atoms with Crippen LogP contribution in [0.25, 0.3) is 0 Å². The van der Waals surface area contributed by atoms with E-state index in [9.17, 15) is 35.1 Å². The Labute approximate surface area is 247 Å². The summed E-state index contributed by atoms with van der Waals surface area (Å²) in [6, 6.07) is -0.521. The van der Waals surface area contributed by atoms with Gasteiger partial charge in [0.2, 0.25) is 0 Å². The summed E-state index contributed by atoms with van der Waals surface area (Å²) >= 11 is 0. The first kappa shape index (κ1) is 31.0. The summed E-state index contributed by atoms with van der Waals surface area (Å²) < 4.78 is 11.4. The third-order valence-corrected chi connectivity index (χ3v) is 12.4. The molecule has 16 atom stereocenters. The van der Waals surface area contributed by atoms with Crippen molar-refractivity contribution in [1.82, 2.24) is 10.2 Å². The molecule has 42 heavy (non-hydrogen) atoms. The number of carbonyl (C=O) groups excluding carboxylic acids is 2. The lowest BCUT2D eigenvalue weighted by molar-refractivity contribution is -0.305. The Morgan fingerprint density at radius 2 is 1.71 bits per heavy atom. The van der Waals surface area contributed by atoms with Crippen molar-refractivity contribution in [2.24, 2.45) is 40.9 Å². The molecule has 0 spiro atoms. The minimum atomic E-state index is -2.11. The first-order valence-electron chi connectivity index (χ1n) is 15.9. The van der Waals surface area contributed by atoms with Gasteiger partial charge in [-0.05, 0) is 90.3 Å². The van der Waals surface area contributed by atoms with E-state index in [0.717, 1.165) is 19.3 Å². The van der Waals surface area contributed by atoms with E-state index in [4.69, 9.17) is 9.47 Å². The predicted molar refractivity (Wildman–Crippen MR) is 150 cm³/mol. The highest BCUT2D eigenvalue weighted by atomic mass is 16.7. The predicted octanol–water partition coefficient (Wildman–Crippen LogP) is -0.549. The molecular formula is C31H50N2O9. The molecule has 238 valence electrons. The number of hydrogen-bond acceptors (Lipinski definition) is 11. The van der Waals surface area contributed by atoms with Gasteiger partial charge in [0.05, 0.1) is 54.5 Å². The van der Waals surface area contributed by atoms with E-state index in [1.165, 1.54) is 6.92 Å². The van der Waals surface area contributed by atoms with Crippen LogP contribution in [0, 0.1) is 40.9 Å². The van der Waals surface area contributed by atoms with Crippen LogP contribution >= 0.6 is 0 Å². The number of aliphatic hydroxyl groups is 5. The van der Waals surface area contributed by atoms with Crippen molar-refractivity contribution in [3.63, 3.8) is 0 Å². The molecule has 6 rings (SSSR count). The van der Waals surface area contributed by atoms with Crippen LogP contribution in [-0.2, 0) is 19.1 Å². The lowest BCUT2D eigenvalue weighted by atomic mass is 9.44. The molecule has 0 radical (unpaired) electrons. The molecule has 11 nitrogen and oxygen atoms in total. The summed E-state index contributed by atoms with van der Waals surface area (Å²) in [5.74, 6) is -3.66. The molecule has 0 aromatic carbocycles. The van der Waals surface area contributed by atoms with Gasteiger partial charge in [0.15, 0.2) is 5.78 Å². The minimum Gasteiger partial charge on any atom is -0.393 e. The van der Waals surface area contributed by atoms with Gasteiger partial charge >= 0.3 is 0 Å². The van der Waals surface area contributed by atoms with Crippen LogP contribution in [-0.4, -0.2) is 124 Å². The number of nitrogens with one attached hydrogen (secondary N) is 1. The fourth-order valence-corrected chi connectivity index (χ4v) is 10.3. The molecule has 6 fully saturated rings. The van der Waals surface area contributed by atoms with Gasteiger partial charge in [-0.25, -0.2) is 0 Å². The Morgan fingerprint density at radius 1 is 1.00 bits per heavy atom. The maximum Gasteiger partial charge on any atom is 0.160 e. The number of ether oxygens (including phenoxy) is 2. The van der Waals surface area contributed by atoms with E-state index < -0.39 is 59.2 Å². The van der Waals surface area contributed by atoms with Gasteiger partial charge in [-0.3, -0.25) is 9.59 Å². The number of hydrogen-bond donors (Lipinski definition) is 6. The molecule has 0 aromatic heterocycles. The summed E-state index contributed by atoms with van der Waals surface area (Å²) in [5.41, 5.74) is -3.19. The van der Waals surface area contributed by atoms with E-state index in [0.29, 0.717) is 38.5 Å². The van der Waals surface area contributed by atoms with Crippen molar-refractivity contribution >= 4 is 11.6 Å².